The molecular formula is C31H39N5O2. The van der Waals surface area contributed by atoms with E-state index in [0.29, 0.717) is 55.1 Å². The van der Waals surface area contributed by atoms with Gasteiger partial charge in [-0.25, -0.2) is 4.98 Å². The average Bonchev–Trinajstić information content (AvgIpc) is 3.62. The highest BCUT2D eigenvalue weighted by molar-refractivity contribution is 6.07. The molecule has 3 heterocycles. The van der Waals surface area contributed by atoms with E-state index >= 15 is 0 Å². The number of aliphatic hydroxyl groups excluding tert-OH is 1. The zero-order valence-electron chi connectivity index (χ0n) is 22.9. The molecule has 0 bridgehead atoms. The summed E-state index contributed by atoms with van der Waals surface area (Å²) in [5, 5.41) is 26.6. The highest BCUT2D eigenvalue weighted by Crippen LogP contribution is 2.44. The number of amides is 1. The summed E-state index contributed by atoms with van der Waals surface area (Å²) < 4.78 is 0. The molecule has 2 atom stereocenters. The molecule has 38 heavy (non-hydrogen) atoms. The Labute approximate surface area is 226 Å². The van der Waals surface area contributed by atoms with Crippen LogP contribution in [0.3, 0.4) is 0 Å². The predicted octanol–water partition coefficient (Wildman–Crippen LogP) is 5.23. The molecule has 1 amide bonds. The van der Waals surface area contributed by atoms with E-state index in [1.165, 1.54) is 25.7 Å². The number of carbonyl (C=O) groups excluding carboxylic acids is 1. The molecule has 1 saturated heterocycles. The van der Waals surface area contributed by atoms with E-state index in [-0.39, 0.29) is 12.0 Å². The Morgan fingerprint density at radius 3 is 2.47 bits per heavy atom. The van der Waals surface area contributed by atoms with Gasteiger partial charge in [-0.15, -0.1) is 0 Å². The van der Waals surface area contributed by atoms with Gasteiger partial charge in [0.25, 0.3) is 5.91 Å². The number of pyridine rings is 1. The Morgan fingerprint density at radius 2 is 1.79 bits per heavy atom. The van der Waals surface area contributed by atoms with E-state index in [1.807, 2.05) is 43.9 Å². The minimum atomic E-state index is -0.307. The number of hydrazone groups is 1. The number of hydrogen-bond donors (Lipinski definition) is 1. The van der Waals surface area contributed by atoms with Gasteiger partial charge in [-0.05, 0) is 87.3 Å². The van der Waals surface area contributed by atoms with Crippen molar-refractivity contribution in [2.24, 2.45) is 16.9 Å². The van der Waals surface area contributed by atoms with Crippen LogP contribution in [0.25, 0.3) is 0 Å². The van der Waals surface area contributed by atoms with Crippen LogP contribution < -0.4 is 5.01 Å². The van der Waals surface area contributed by atoms with Gasteiger partial charge in [0.05, 0.1) is 40.9 Å². The lowest BCUT2D eigenvalue weighted by Crippen LogP contribution is -2.41. The second kappa shape index (κ2) is 11.2. The third kappa shape index (κ3) is 4.82. The zero-order chi connectivity index (χ0) is 26.8. The standard InChI is InChI=1S/C29H33N5O2.C2H6/c1-18-16-21(7-6-20(18)17-30)34-28(19-4-2-3-5-19)24-9-10-25-23(27(24)32-34)8-11-26(31-25)29(36)33-14-12-22(35)13-15-33;1-2/h6-8,11,16,19,22,24,28,35H,2-5,9-10,12-15H2,1H3;1-2H3. The number of nitrogens with zero attached hydrogens (tertiary/aromatic N) is 5. The van der Waals surface area contributed by atoms with E-state index in [0.717, 1.165) is 41.1 Å². The number of aliphatic hydroxyl groups is 1. The first-order chi connectivity index (χ1) is 18.5. The fourth-order valence-electron chi connectivity index (χ4n) is 6.69. The number of fused-ring (bicyclic) bond motifs is 3. The van der Waals surface area contributed by atoms with Crippen molar-refractivity contribution in [2.45, 2.75) is 84.3 Å². The quantitative estimate of drug-likeness (QED) is 0.607. The van der Waals surface area contributed by atoms with Crippen LogP contribution in [0.15, 0.2) is 35.4 Å². The zero-order valence-corrected chi connectivity index (χ0v) is 22.9. The summed E-state index contributed by atoms with van der Waals surface area (Å²) in [7, 11) is 0. The topological polar surface area (TPSA) is 92.8 Å². The van der Waals surface area contributed by atoms with Gasteiger partial charge in [-0.1, -0.05) is 26.7 Å². The third-order valence-electron chi connectivity index (χ3n) is 8.65. The summed E-state index contributed by atoms with van der Waals surface area (Å²) >= 11 is 0. The molecule has 0 spiro atoms. The summed E-state index contributed by atoms with van der Waals surface area (Å²) in [6.45, 7) is 7.15. The molecule has 2 aliphatic carbocycles. The van der Waals surface area contributed by atoms with Crippen LogP contribution in [-0.2, 0) is 6.42 Å². The van der Waals surface area contributed by atoms with Crippen LogP contribution >= 0.6 is 0 Å². The van der Waals surface area contributed by atoms with Gasteiger partial charge >= 0.3 is 0 Å². The molecule has 6 rings (SSSR count). The first kappa shape index (κ1) is 26.4. The van der Waals surface area contributed by atoms with E-state index in [9.17, 15) is 15.2 Å². The molecule has 2 aromatic rings. The van der Waals surface area contributed by atoms with E-state index in [1.54, 1.807) is 0 Å². The van der Waals surface area contributed by atoms with Crippen molar-refractivity contribution in [2.75, 3.05) is 18.1 Å². The maximum atomic E-state index is 13.1. The van der Waals surface area contributed by atoms with Gasteiger partial charge in [0, 0.05) is 24.6 Å². The molecule has 2 unspecified atom stereocenters. The lowest BCUT2D eigenvalue weighted by Gasteiger charge is -2.34. The fourth-order valence-corrected chi connectivity index (χ4v) is 6.69. The molecule has 7 nitrogen and oxygen atoms in total. The molecule has 4 aliphatic rings. The predicted molar refractivity (Wildman–Crippen MR) is 149 cm³/mol. The molecule has 0 radical (unpaired) electrons. The van der Waals surface area contributed by atoms with Crippen LogP contribution in [0.5, 0.6) is 0 Å². The van der Waals surface area contributed by atoms with Crippen molar-refractivity contribution in [1.29, 1.82) is 5.26 Å². The van der Waals surface area contributed by atoms with Crippen molar-refractivity contribution in [3.8, 4) is 6.07 Å². The van der Waals surface area contributed by atoms with E-state index < -0.39 is 0 Å². The second-order valence-corrected chi connectivity index (χ2v) is 10.8. The van der Waals surface area contributed by atoms with Crippen molar-refractivity contribution < 1.29 is 9.90 Å². The molecule has 2 fully saturated rings. The van der Waals surface area contributed by atoms with Crippen molar-refractivity contribution in [1.82, 2.24) is 9.88 Å². The van der Waals surface area contributed by atoms with Crippen LogP contribution in [0, 0.1) is 30.1 Å². The fraction of sp³-hybridized carbons (Fsp3) is 0.548. The van der Waals surface area contributed by atoms with Crippen LogP contribution in [-0.4, -0.2) is 51.8 Å². The van der Waals surface area contributed by atoms with Gasteiger partial charge in [0.1, 0.15) is 5.69 Å². The highest BCUT2D eigenvalue weighted by Gasteiger charge is 2.46. The lowest BCUT2D eigenvalue weighted by molar-refractivity contribution is 0.0541. The van der Waals surface area contributed by atoms with Crippen molar-refractivity contribution >= 4 is 17.3 Å². The highest BCUT2D eigenvalue weighted by atomic mass is 16.3. The number of carbonyl (C=O) groups is 1. The summed E-state index contributed by atoms with van der Waals surface area (Å²) in [6.07, 6.45) is 7.81. The number of anilines is 1. The van der Waals surface area contributed by atoms with Crippen LogP contribution in [0.2, 0.25) is 0 Å². The smallest absolute Gasteiger partial charge is 0.272 e. The lowest BCUT2D eigenvalue weighted by atomic mass is 9.76. The molecule has 1 N–H and O–H groups in total. The summed E-state index contributed by atoms with van der Waals surface area (Å²) in [6, 6.07) is 12.5. The normalized spacial score (nSPS) is 23.2. The average molecular weight is 514 g/mol. The first-order valence-electron chi connectivity index (χ1n) is 14.4. The monoisotopic (exact) mass is 513 g/mol. The molecule has 200 valence electrons. The van der Waals surface area contributed by atoms with Crippen LogP contribution in [0.4, 0.5) is 5.69 Å². The Balaban J connectivity index is 0.00000144. The number of piperidine rings is 1. The van der Waals surface area contributed by atoms with Gasteiger partial charge in [-0.3, -0.25) is 9.80 Å². The Hall–Kier alpha value is -3.24. The van der Waals surface area contributed by atoms with Gasteiger partial charge in [0.15, 0.2) is 0 Å². The third-order valence-corrected chi connectivity index (χ3v) is 8.65. The van der Waals surface area contributed by atoms with Crippen LogP contribution in [0.1, 0.15) is 91.7 Å². The summed E-state index contributed by atoms with van der Waals surface area (Å²) in [5.41, 5.74) is 6.38. The number of hydrogen-bond acceptors (Lipinski definition) is 6. The SMILES string of the molecule is CC.Cc1cc(N2N=C3c4ccc(C(=O)N5CCC(O)CC5)nc4CCC3C2C2CCCC2)ccc1C#N. The summed E-state index contributed by atoms with van der Waals surface area (Å²) in [4.78, 5) is 19.7. The maximum Gasteiger partial charge on any atom is 0.272 e. The number of likely N-dealkylation sites (tertiary alicyclic amines) is 1. The molecule has 1 aromatic heterocycles. The Kier molecular flexibility index (Phi) is 7.80. The first-order valence-corrected chi connectivity index (χ1v) is 14.4. The van der Waals surface area contributed by atoms with Crippen molar-refractivity contribution in [3.63, 3.8) is 0 Å². The molecule has 1 aromatic carbocycles. The molecular weight excluding hydrogens is 474 g/mol. The van der Waals surface area contributed by atoms with Gasteiger partial charge in [-0.2, -0.15) is 10.4 Å². The number of rotatable bonds is 3. The van der Waals surface area contributed by atoms with Gasteiger partial charge < -0.3 is 10.0 Å². The largest absolute Gasteiger partial charge is 0.393 e. The second-order valence-electron chi connectivity index (χ2n) is 10.8. The number of aromatic nitrogens is 1. The molecule has 7 heteroatoms. The van der Waals surface area contributed by atoms with Crippen molar-refractivity contribution in [3.05, 3.63) is 58.4 Å². The Morgan fingerprint density at radius 1 is 1.05 bits per heavy atom. The minimum Gasteiger partial charge on any atom is -0.393 e. The minimum absolute atomic E-state index is 0.0429. The number of aryl methyl sites for hydroxylation is 2. The van der Waals surface area contributed by atoms with E-state index in [2.05, 4.69) is 23.2 Å². The number of benzene rings is 1. The Bertz CT molecular complexity index is 1250. The van der Waals surface area contributed by atoms with E-state index in [4.69, 9.17) is 10.1 Å². The van der Waals surface area contributed by atoms with Gasteiger partial charge in [0.2, 0.25) is 0 Å². The maximum absolute atomic E-state index is 13.1. The summed E-state index contributed by atoms with van der Waals surface area (Å²) in [5.74, 6) is 0.916. The number of nitriles is 1. The molecule has 2 aliphatic heterocycles. The molecule has 1 saturated carbocycles.